The number of methoxy groups -OCH3 is 1. The SMILES string of the molecule is COCc1nc(Cl)cc(NCCC2CCCCC2)n1. The second kappa shape index (κ2) is 7.65. The molecule has 19 heavy (non-hydrogen) atoms. The molecule has 0 radical (unpaired) electrons. The number of ether oxygens (including phenoxy) is 1. The zero-order valence-electron chi connectivity index (χ0n) is 11.5. The molecule has 0 atom stereocenters. The lowest BCUT2D eigenvalue weighted by Crippen LogP contribution is -2.13. The van der Waals surface area contributed by atoms with Gasteiger partial charge in [0.15, 0.2) is 5.82 Å². The molecule has 0 saturated heterocycles. The van der Waals surface area contributed by atoms with Crippen LogP contribution in [0.25, 0.3) is 0 Å². The van der Waals surface area contributed by atoms with E-state index in [-0.39, 0.29) is 0 Å². The summed E-state index contributed by atoms with van der Waals surface area (Å²) in [5.74, 6) is 2.29. The highest BCUT2D eigenvalue weighted by Crippen LogP contribution is 2.26. The van der Waals surface area contributed by atoms with Crippen LogP contribution in [0.15, 0.2) is 6.07 Å². The van der Waals surface area contributed by atoms with Crippen molar-refractivity contribution in [3.05, 3.63) is 17.0 Å². The number of hydrogen-bond donors (Lipinski definition) is 1. The number of nitrogens with zero attached hydrogens (tertiary/aromatic N) is 2. The van der Waals surface area contributed by atoms with Crippen LogP contribution in [0.4, 0.5) is 5.82 Å². The van der Waals surface area contributed by atoms with Crippen LogP contribution < -0.4 is 5.32 Å². The lowest BCUT2D eigenvalue weighted by molar-refractivity contribution is 0.178. The van der Waals surface area contributed by atoms with Crippen LogP contribution in [0.5, 0.6) is 0 Å². The third-order valence-electron chi connectivity index (χ3n) is 3.60. The molecule has 1 fully saturated rings. The molecule has 0 spiro atoms. The van der Waals surface area contributed by atoms with E-state index in [4.69, 9.17) is 16.3 Å². The molecule has 0 aliphatic heterocycles. The summed E-state index contributed by atoms with van der Waals surface area (Å²) in [4.78, 5) is 8.49. The van der Waals surface area contributed by atoms with Crippen LogP contribution in [-0.2, 0) is 11.3 Å². The third kappa shape index (κ3) is 4.96. The highest BCUT2D eigenvalue weighted by molar-refractivity contribution is 6.29. The van der Waals surface area contributed by atoms with E-state index >= 15 is 0 Å². The fraction of sp³-hybridized carbons (Fsp3) is 0.714. The zero-order valence-corrected chi connectivity index (χ0v) is 12.2. The van der Waals surface area contributed by atoms with Crippen molar-refractivity contribution >= 4 is 17.4 Å². The van der Waals surface area contributed by atoms with Gasteiger partial charge in [0.1, 0.15) is 17.6 Å². The highest BCUT2D eigenvalue weighted by Gasteiger charge is 2.12. The molecular formula is C14H22ClN3O. The maximum absolute atomic E-state index is 5.97. The van der Waals surface area contributed by atoms with Gasteiger partial charge in [0.2, 0.25) is 0 Å². The number of rotatable bonds is 6. The highest BCUT2D eigenvalue weighted by atomic mass is 35.5. The van der Waals surface area contributed by atoms with E-state index in [1.807, 2.05) is 0 Å². The molecule has 1 aliphatic rings. The van der Waals surface area contributed by atoms with Gasteiger partial charge < -0.3 is 10.1 Å². The van der Waals surface area contributed by atoms with Gasteiger partial charge in [0, 0.05) is 19.7 Å². The Balaban J connectivity index is 1.81. The van der Waals surface area contributed by atoms with E-state index in [9.17, 15) is 0 Å². The zero-order chi connectivity index (χ0) is 13.5. The largest absolute Gasteiger partial charge is 0.377 e. The molecule has 1 aromatic rings. The van der Waals surface area contributed by atoms with E-state index in [0.717, 1.165) is 18.3 Å². The quantitative estimate of drug-likeness (QED) is 0.810. The summed E-state index contributed by atoms with van der Waals surface area (Å²) in [6, 6.07) is 1.77. The van der Waals surface area contributed by atoms with Gasteiger partial charge in [-0.2, -0.15) is 0 Å². The van der Waals surface area contributed by atoms with E-state index in [2.05, 4.69) is 15.3 Å². The Morgan fingerprint density at radius 1 is 1.32 bits per heavy atom. The van der Waals surface area contributed by atoms with Crippen molar-refractivity contribution in [2.75, 3.05) is 19.0 Å². The Kier molecular flexibility index (Phi) is 5.86. The fourth-order valence-corrected chi connectivity index (χ4v) is 2.83. The monoisotopic (exact) mass is 283 g/mol. The lowest BCUT2D eigenvalue weighted by atomic mass is 9.87. The molecule has 1 aromatic heterocycles. The van der Waals surface area contributed by atoms with Crippen LogP contribution in [0.1, 0.15) is 44.3 Å². The standard InChI is InChI=1S/C14H22ClN3O/c1-19-10-14-17-12(15)9-13(18-14)16-8-7-11-5-3-2-4-6-11/h9,11H,2-8,10H2,1H3,(H,16,17,18). The molecular weight excluding hydrogens is 262 g/mol. The van der Waals surface area contributed by atoms with Crippen LogP contribution >= 0.6 is 11.6 Å². The van der Waals surface area contributed by atoms with Crippen LogP contribution in [0.3, 0.4) is 0 Å². The van der Waals surface area contributed by atoms with Gasteiger partial charge in [-0.25, -0.2) is 9.97 Å². The average molecular weight is 284 g/mol. The smallest absolute Gasteiger partial charge is 0.158 e. The van der Waals surface area contributed by atoms with Crippen molar-refractivity contribution in [2.45, 2.75) is 45.1 Å². The number of hydrogen-bond acceptors (Lipinski definition) is 4. The topological polar surface area (TPSA) is 47.0 Å². The summed E-state index contributed by atoms with van der Waals surface area (Å²) >= 11 is 5.97. The second-order valence-corrected chi connectivity index (χ2v) is 5.53. The number of aromatic nitrogens is 2. The molecule has 1 heterocycles. The summed E-state index contributed by atoms with van der Waals surface area (Å²) in [6.45, 7) is 1.34. The first-order valence-corrected chi connectivity index (χ1v) is 7.42. The molecule has 2 rings (SSSR count). The minimum absolute atomic E-state index is 0.387. The summed E-state index contributed by atoms with van der Waals surface area (Å²) in [5, 5.41) is 3.80. The Morgan fingerprint density at radius 3 is 2.84 bits per heavy atom. The minimum Gasteiger partial charge on any atom is -0.377 e. The predicted octanol–water partition coefficient (Wildman–Crippen LogP) is 3.66. The van der Waals surface area contributed by atoms with Gasteiger partial charge in [-0.3, -0.25) is 0 Å². The van der Waals surface area contributed by atoms with Crippen LogP contribution in [-0.4, -0.2) is 23.6 Å². The van der Waals surface area contributed by atoms with Crippen molar-refractivity contribution in [1.29, 1.82) is 0 Å². The Labute approximate surface area is 119 Å². The molecule has 0 bridgehead atoms. The summed E-state index contributed by atoms with van der Waals surface area (Å²) in [5.41, 5.74) is 0. The molecule has 1 N–H and O–H groups in total. The predicted molar refractivity (Wildman–Crippen MR) is 77.4 cm³/mol. The van der Waals surface area contributed by atoms with Gasteiger partial charge in [-0.15, -0.1) is 0 Å². The van der Waals surface area contributed by atoms with E-state index in [0.29, 0.717) is 17.6 Å². The lowest BCUT2D eigenvalue weighted by Gasteiger charge is -2.21. The van der Waals surface area contributed by atoms with Gasteiger partial charge in [0.25, 0.3) is 0 Å². The first kappa shape index (κ1) is 14.5. The molecule has 0 amide bonds. The molecule has 0 aromatic carbocycles. The molecule has 0 unspecified atom stereocenters. The molecule has 1 saturated carbocycles. The van der Waals surface area contributed by atoms with E-state index < -0.39 is 0 Å². The van der Waals surface area contributed by atoms with E-state index in [1.54, 1.807) is 13.2 Å². The first-order chi connectivity index (χ1) is 9.28. The Morgan fingerprint density at radius 2 is 2.11 bits per heavy atom. The van der Waals surface area contributed by atoms with E-state index in [1.165, 1.54) is 38.5 Å². The number of halogens is 1. The van der Waals surface area contributed by atoms with Crippen molar-refractivity contribution in [3.8, 4) is 0 Å². The maximum atomic E-state index is 5.97. The van der Waals surface area contributed by atoms with Crippen molar-refractivity contribution in [2.24, 2.45) is 5.92 Å². The summed E-state index contributed by atoms with van der Waals surface area (Å²) in [7, 11) is 1.63. The van der Waals surface area contributed by atoms with Crippen LogP contribution in [0, 0.1) is 5.92 Å². The van der Waals surface area contributed by atoms with Gasteiger partial charge in [-0.1, -0.05) is 43.7 Å². The van der Waals surface area contributed by atoms with Crippen LogP contribution in [0.2, 0.25) is 5.15 Å². The van der Waals surface area contributed by atoms with Gasteiger partial charge in [0.05, 0.1) is 0 Å². The summed E-state index contributed by atoms with van der Waals surface area (Å²) < 4.78 is 5.03. The summed E-state index contributed by atoms with van der Waals surface area (Å²) in [6.07, 6.45) is 8.15. The molecule has 5 heteroatoms. The second-order valence-electron chi connectivity index (χ2n) is 5.14. The molecule has 1 aliphatic carbocycles. The Bertz CT molecular complexity index is 394. The minimum atomic E-state index is 0.387. The van der Waals surface area contributed by atoms with Crippen molar-refractivity contribution in [3.63, 3.8) is 0 Å². The van der Waals surface area contributed by atoms with Crippen molar-refractivity contribution in [1.82, 2.24) is 9.97 Å². The fourth-order valence-electron chi connectivity index (χ4n) is 2.63. The normalized spacial score (nSPS) is 16.5. The average Bonchev–Trinajstić information content (AvgIpc) is 2.40. The maximum Gasteiger partial charge on any atom is 0.158 e. The first-order valence-electron chi connectivity index (χ1n) is 7.04. The Hall–Kier alpha value is -0.870. The number of nitrogens with one attached hydrogen (secondary N) is 1. The molecule has 106 valence electrons. The van der Waals surface area contributed by atoms with Gasteiger partial charge >= 0.3 is 0 Å². The third-order valence-corrected chi connectivity index (χ3v) is 3.79. The van der Waals surface area contributed by atoms with Gasteiger partial charge in [-0.05, 0) is 12.3 Å². The van der Waals surface area contributed by atoms with Crippen molar-refractivity contribution < 1.29 is 4.74 Å². The molecule has 4 nitrogen and oxygen atoms in total. The number of anilines is 1.